The van der Waals surface area contributed by atoms with Gasteiger partial charge in [0.2, 0.25) is 0 Å². The number of amides is 1. The maximum absolute atomic E-state index is 13.2. The Balaban J connectivity index is 2.16. The number of methoxy groups -OCH3 is 1. The maximum atomic E-state index is 13.2. The summed E-state index contributed by atoms with van der Waals surface area (Å²) in [7, 11) is 1.59. The van der Waals surface area contributed by atoms with Crippen molar-refractivity contribution in [3.8, 4) is 5.69 Å². The number of carboxylic acid groups (broad SMARTS) is 1. The lowest BCUT2D eigenvalue weighted by molar-refractivity contribution is -0.143. The molecule has 0 atom stereocenters. The molecule has 0 spiro atoms. The third kappa shape index (κ3) is 5.07. The van der Waals surface area contributed by atoms with E-state index in [1.165, 1.54) is 24.3 Å². The van der Waals surface area contributed by atoms with Crippen LogP contribution in [-0.2, 0) is 10.9 Å². The number of unbranched alkanes of at least 4 members (excludes halogenated alkanes) is 1. The Hall–Kier alpha value is -2.88. The van der Waals surface area contributed by atoms with E-state index in [4.69, 9.17) is 9.84 Å². The molecular formula is C17H18F3N3O4. The summed E-state index contributed by atoms with van der Waals surface area (Å²) in [6.07, 6.45) is -2.73. The number of rotatable bonds is 8. The van der Waals surface area contributed by atoms with Crippen LogP contribution in [0.15, 0.2) is 30.5 Å². The van der Waals surface area contributed by atoms with Gasteiger partial charge in [-0.25, -0.2) is 9.48 Å². The number of nitrogens with zero attached hydrogens (tertiary/aromatic N) is 2. The molecule has 2 N–H and O–H groups in total. The molecular weight excluding hydrogens is 367 g/mol. The van der Waals surface area contributed by atoms with E-state index >= 15 is 0 Å². The number of hydrogen-bond donors (Lipinski definition) is 2. The molecule has 0 aliphatic heterocycles. The van der Waals surface area contributed by atoms with E-state index in [1.807, 2.05) is 0 Å². The van der Waals surface area contributed by atoms with Gasteiger partial charge >= 0.3 is 12.1 Å². The highest BCUT2D eigenvalue weighted by molar-refractivity contribution is 5.94. The highest BCUT2D eigenvalue weighted by Crippen LogP contribution is 2.33. The second-order valence-electron chi connectivity index (χ2n) is 5.62. The minimum absolute atomic E-state index is 0.00790. The Morgan fingerprint density at radius 1 is 1.22 bits per heavy atom. The van der Waals surface area contributed by atoms with Crippen LogP contribution in [-0.4, -0.2) is 47.0 Å². The second-order valence-corrected chi connectivity index (χ2v) is 5.62. The molecule has 0 saturated carbocycles. The first-order valence-electron chi connectivity index (χ1n) is 8.01. The largest absolute Gasteiger partial charge is 0.478 e. The molecule has 146 valence electrons. The zero-order chi connectivity index (χ0) is 20.0. The number of carbonyl (C=O) groups is 2. The van der Waals surface area contributed by atoms with Crippen molar-refractivity contribution in [3.63, 3.8) is 0 Å². The van der Waals surface area contributed by atoms with Crippen LogP contribution in [0.4, 0.5) is 13.2 Å². The highest BCUT2D eigenvalue weighted by atomic mass is 19.4. The van der Waals surface area contributed by atoms with Gasteiger partial charge in [-0.1, -0.05) is 0 Å². The van der Waals surface area contributed by atoms with E-state index in [9.17, 15) is 22.8 Å². The van der Waals surface area contributed by atoms with E-state index in [0.29, 0.717) is 24.0 Å². The average molecular weight is 385 g/mol. The highest BCUT2D eigenvalue weighted by Gasteiger charge is 2.40. The molecule has 1 amide bonds. The first-order valence-corrected chi connectivity index (χ1v) is 8.01. The van der Waals surface area contributed by atoms with E-state index in [2.05, 4.69) is 10.4 Å². The number of benzene rings is 1. The van der Waals surface area contributed by atoms with Gasteiger partial charge in [-0.2, -0.15) is 18.3 Å². The quantitative estimate of drug-likeness (QED) is 0.682. The third-order valence-electron chi connectivity index (χ3n) is 3.70. The van der Waals surface area contributed by atoms with Crippen molar-refractivity contribution in [2.75, 3.05) is 20.3 Å². The normalized spacial score (nSPS) is 11.4. The molecule has 1 aromatic heterocycles. The maximum Gasteiger partial charge on any atom is 0.434 e. The Morgan fingerprint density at radius 3 is 2.44 bits per heavy atom. The van der Waals surface area contributed by atoms with E-state index in [0.717, 1.165) is 12.8 Å². The van der Waals surface area contributed by atoms with E-state index in [1.54, 1.807) is 7.11 Å². The summed E-state index contributed by atoms with van der Waals surface area (Å²) < 4.78 is 45.1. The first-order chi connectivity index (χ1) is 12.8. The monoisotopic (exact) mass is 385 g/mol. The molecule has 1 heterocycles. The predicted molar refractivity (Wildman–Crippen MR) is 89.0 cm³/mol. The molecule has 0 fully saturated rings. The second kappa shape index (κ2) is 8.67. The summed E-state index contributed by atoms with van der Waals surface area (Å²) in [6.45, 7) is 1.04. The molecule has 10 heteroatoms. The Labute approximate surface area is 152 Å². The van der Waals surface area contributed by atoms with Crippen LogP contribution in [0.25, 0.3) is 5.69 Å². The minimum Gasteiger partial charge on any atom is -0.478 e. The Kier molecular flexibility index (Phi) is 6.56. The van der Waals surface area contributed by atoms with Gasteiger partial charge in [-0.05, 0) is 37.1 Å². The minimum atomic E-state index is -4.90. The van der Waals surface area contributed by atoms with Crippen LogP contribution in [0, 0.1) is 0 Å². The number of hydrogen-bond acceptors (Lipinski definition) is 4. The van der Waals surface area contributed by atoms with Crippen molar-refractivity contribution in [3.05, 3.63) is 47.3 Å². The number of carboxylic acids is 1. The number of nitrogens with one attached hydrogen (secondary N) is 1. The number of aromatic nitrogens is 2. The van der Waals surface area contributed by atoms with Gasteiger partial charge in [0.15, 0.2) is 5.69 Å². The van der Waals surface area contributed by atoms with Crippen molar-refractivity contribution in [1.82, 2.24) is 15.1 Å². The van der Waals surface area contributed by atoms with Gasteiger partial charge in [0.25, 0.3) is 5.91 Å². The fraction of sp³-hybridized carbons (Fsp3) is 0.353. The smallest absolute Gasteiger partial charge is 0.434 e. The van der Waals surface area contributed by atoms with Crippen molar-refractivity contribution in [2.45, 2.75) is 19.0 Å². The van der Waals surface area contributed by atoms with Crippen LogP contribution in [0.3, 0.4) is 0 Å². The number of carbonyl (C=O) groups excluding carboxylic acids is 1. The summed E-state index contributed by atoms with van der Waals surface area (Å²) in [5.74, 6) is -2.08. The fourth-order valence-corrected chi connectivity index (χ4v) is 2.40. The molecule has 1 aromatic carbocycles. The molecule has 2 rings (SSSR count). The molecule has 27 heavy (non-hydrogen) atoms. The van der Waals surface area contributed by atoms with E-state index < -0.39 is 23.4 Å². The van der Waals surface area contributed by atoms with Crippen LogP contribution >= 0.6 is 0 Å². The van der Waals surface area contributed by atoms with Crippen LogP contribution in [0.2, 0.25) is 0 Å². The van der Waals surface area contributed by atoms with Crippen LogP contribution < -0.4 is 5.32 Å². The summed E-state index contributed by atoms with van der Waals surface area (Å²) in [5, 5.41) is 15.2. The number of ether oxygens (including phenoxy) is 1. The lowest BCUT2D eigenvalue weighted by Gasteiger charge is -2.12. The van der Waals surface area contributed by atoms with Crippen LogP contribution in [0.5, 0.6) is 0 Å². The van der Waals surface area contributed by atoms with Gasteiger partial charge in [-0.15, -0.1) is 0 Å². The zero-order valence-electron chi connectivity index (χ0n) is 14.4. The molecule has 2 aromatic rings. The lowest BCUT2D eigenvalue weighted by Crippen LogP contribution is -2.24. The number of aromatic carboxylic acids is 1. The zero-order valence-corrected chi connectivity index (χ0v) is 14.4. The molecule has 0 aliphatic rings. The van der Waals surface area contributed by atoms with Crippen molar-refractivity contribution in [2.24, 2.45) is 0 Å². The van der Waals surface area contributed by atoms with Gasteiger partial charge in [-0.3, -0.25) is 4.79 Å². The standard InChI is InChI=1S/C17H18F3N3O4/c1-27-9-3-2-8-21-15(24)11-4-6-12(7-5-11)23-14(17(18,19)20)13(10-22-23)16(25)26/h4-7,10H,2-3,8-9H2,1H3,(H,21,24)(H,25,26). The van der Waals surface area contributed by atoms with Crippen LogP contribution in [0.1, 0.15) is 39.3 Å². The molecule has 7 nitrogen and oxygen atoms in total. The van der Waals surface area contributed by atoms with Gasteiger partial charge in [0, 0.05) is 25.8 Å². The molecule has 0 aliphatic carbocycles. The average Bonchev–Trinajstić information content (AvgIpc) is 3.07. The van der Waals surface area contributed by atoms with Crippen molar-refractivity contribution in [1.29, 1.82) is 0 Å². The fourth-order valence-electron chi connectivity index (χ4n) is 2.40. The third-order valence-corrected chi connectivity index (χ3v) is 3.70. The van der Waals surface area contributed by atoms with Crippen molar-refractivity contribution < 1.29 is 32.6 Å². The SMILES string of the molecule is COCCCCNC(=O)c1ccc(-n2ncc(C(=O)O)c2C(F)(F)F)cc1. The summed E-state index contributed by atoms with van der Waals surface area (Å²) in [5.41, 5.74) is -2.07. The first kappa shape index (κ1) is 20.4. The number of alkyl halides is 3. The molecule has 0 unspecified atom stereocenters. The summed E-state index contributed by atoms with van der Waals surface area (Å²) >= 11 is 0. The Bertz CT molecular complexity index is 801. The molecule has 0 radical (unpaired) electrons. The topological polar surface area (TPSA) is 93.5 Å². The van der Waals surface area contributed by atoms with Gasteiger partial charge in [0.05, 0.1) is 11.9 Å². The lowest BCUT2D eigenvalue weighted by atomic mass is 10.1. The number of halogens is 3. The van der Waals surface area contributed by atoms with Gasteiger partial charge < -0.3 is 15.2 Å². The molecule has 0 bridgehead atoms. The summed E-state index contributed by atoms with van der Waals surface area (Å²) in [6, 6.07) is 5.24. The van der Waals surface area contributed by atoms with E-state index in [-0.39, 0.29) is 17.2 Å². The molecule has 0 saturated heterocycles. The summed E-state index contributed by atoms with van der Waals surface area (Å²) in [4.78, 5) is 23.0. The Morgan fingerprint density at radius 2 is 1.89 bits per heavy atom. The van der Waals surface area contributed by atoms with Gasteiger partial charge in [0.1, 0.15) is 5.56 Å². The van der Waals surface area contributed by atoms with Crippen molar-refractivity contribution >= 4 is 11.9 Å². The predicted octanol–water partition coefficient (Wildman–Crippen LogP) is 2.75.